The molecule has 1 aliphatic heterocycles. The predicted molar refractivity (Wildman–Crippen MR) is 37.3 cm³/mol. The topological polar surface area (TPSA) is 9.23 Å². The molecule has 1 nitrogen and oxygen atoms in total. The lowest BCUT2D eigenvalue weighted by molar-refractivity contribution is 0.214. The van der Waals surface area contributed by atoms with Crippen LogP contribution in [0.25, 0.3) is 0 Å². The van der Waals surface area contributed by atoms with Gasteiger partial charge >= 0.3 is 0 Å². The van der Waals surface area contributed by atoms with Gasteiger partial charge in [-0.05, 0) is 41.5 Å². The maximum absolute atomic E-state index is 5.08. The number of alkyl halides is 1. The molecular weight excluding hydrogens is 203 g/mol. The standard InChI is InChI=1S/C5H7IO/c6-5-3-1-2-4-7-5/h2,4-5H,1,3H2. The van der Waals surface area contributed by atoms with Crippen molar-refractivity contribution in [3.8, 4) is 0 Å². The van der Waals surface area contributed by atoms with Crippen LogP contribution in [-0.2, 0) is 4.74 Å². The minimum Gasteiger partial charge on any atom is -0.488 e. The molecule has 1 heterocycles. The number of allylic oxidation sites excluding steroid dienone is 1. The summed E-state index contributed by atoms with van der Waals surface area (Å²) in [6.45, 7) is 0. The summed E-state index contributed by atoms with van der Waals surface area (Å²) in [5, 5.41) is 0. The predicted octanol–water partition coefficient (Wildman–Crippen LogP) is 2.07. The number of hydrogen-bond acceptors (Lipinski definition) is 1. The van der Waals surface area contributed by atoms with Crippen molar-refractivity contribution in [2.75, 3.05) is 0 Å². The van der Waals surface area contributed by atoms with E-state index >= 15 is 0 Å². The molecule has 1 rings (SSSR count). The van der Waals surface area contributed by atoms with Gasteiger partial charge in [0.1, 0.15) is 4.11 Å². The van der Waals surface area contributed by atoms with Crippen molar-refractivity contribution in [1.82, 2.24) is 0 Å². The Kier molecular flexibility index (Phi) is 1.97. The first-order chi connectivity index (χ1) is 3.39. The Balaban J connectivity index is 2.32. The Morgan fingerprint density at radius 2 is 2.57 bits per heavy atom. The fourth-order valence-corrected chi connectivity index (χ4v) is 1.03. The second kappa shape index (κ2) is 2.55. The Morgan fingerprint density at radius 3 is 2.86 bits per heavy atom. The summed E-state index contributed by atoms with van der Waals surface area (Å²) in [6, 6.07) is 0. The summed E-state index contributed by atoms with van der Waals surface area (Å²) in [7, 11) is 0. The summed E-state index contributed by atoms with van der Waals surface area (Å²) >= 11 is 2.28. The van der Waals surface area contributed by atoms with Gasteiger partial charge in [-0.2, -0.15) is 0 Å². The highest BCUT2D eigenvalue weighted by Gasteiger charge is 2.02. The highest BCUT2D eigenvalue weighted by molar-refractivity contribution is 14.1. The van der Waals surface area contributed by atoms with Crippen molar-refractivity contribution in [3.63, 3.8) is 0 Å². The van der Waals surface area contributed by atoms with Crippen LogP contribution >= 0.6 is 22.6 Å². The van der Waals surface area contributed by atoms with Gasteiger partial charge in [0, 0.05) is 0 Å². The van der Waals surface area contributed by atoms with Gasteiger partial charge in [-0.25, -0.2) is 0 Å². The molecule has 0 aliphatic carbocycles. The Hall–Kier alpha value is 0.270. The van der Waals surface area contributed by atoms with Crippen LogP contribution in [0, 0.1) is 0 Å². The van der Waals surface area contributed by atoms with Crippen molar-refractivity contribution in [2.24, 2.45) is 0 Å². The maximum Gasteiger partial charge on any atom is 0.148 e. The van der Waals surface area contributed by atoms with Crippen LogP contribution in [-0.4, -0.2) is 4.11 Å². The molecule has 0 aromatic heterocycles. The third-order valence-electron chi connectivity index (χ3n) is 0.883. The van der Waals surface area contributed by atoms with Crippen LogP contribution in [0.3, 0.4) is 0 Å². The number of hydrogen-bond donors (Lipinski definition) is 0. The molecule has 1 unspecified atom stereocenters. The normalized spacial score (nSPS) is 29.6. The highest BCUT2D eigenvalue weighted by atomic mass is 127. The van der Waals surface area contributed by atoms with Gasteiger partial charge < -0.3 is 4.74 Å². The van der Waals surface area contributed by atoms with E-state index in [1.165, 1.54) is 6.42 Å². The molecule has 0 bridgehead atoms. The largest absolute Gasteiger partial charge is 0.488 e. The SMILES string of the molecule is IC1CCC=CO1. The van der Waals surface area contributed by atoms with Crippen LogP contribution in [0.15, 0.2) is 12.3 Å². The third-order valence-corrected chi connectivity index (χ3v) is 1.80. The van der Waals surface area contributed by atoms with Crippen LogP contribution in [0.4, 0.5) is 0 Å². The number of halogens is 1. The van der Waals surface area contributed by atoms with E-state index in [0.717, 1.165) is 6.42 Å². The van der Waals surface area contributed by atoms with Gasteiger partial charge in [0.2, 0.25) is 0 Å². The van der Waals surface area contributed by atoms with Gasteiger partial charge in [0.05, 0.1) is 6.26 Å². The molecule has 0 aromatic rings. The molecule has 0 spiro atoms. The monoisotopic (exact) mass is 210 g/mol. The number of rotatable bonds is 0. The highest BCUT2D eigenvalue weighted by Crippen LogP contribution is 2.15. The smallest absolute Gasteiger partial charge is 0.148 e. The minimum absolute atomic E-state index is 0.419. The zero-order chi connectivity index (χ0) is 5.11. The summed E-state index contributed by atoms with van der Waals surface area (Å²) in [4.78, 5) is 0. The second-order valence-corrected chi connectivity index (χ2v) is 2.88. The van der Waals surface area contributed by atoms with E-state index in [-0.39, 0.29) is 0 Å². The molecule has 0 saturated heterocycles. The van der Waals surface area contributed by atoms with E-state index in [9.17, 15) is 0 Å². The number of ether oxygens (including phenoxy) is 1. The fourth-order valence-electron chi connectivity index (χ4n) is 0.504. The molecule has 0 amide bonds. The zero-order valence-corrected chi connectivity index (χ0v) is 6.09. The summed E-state index contributed by atoms with van der Waals surface area (Å²) < 4.78 is 5.50. The lowest BCUT2D eigenvalue weighted by atomic mass is 10.3. The van der Waals surface area contributed by atoms with E-state index < -0.39 is 0 Å². The van der Waals surface area contributed by atoms with Crippen LogP contribution < -0.4 is 0 Å². The van der Waals surface area contributed by atoms with Crippen molar-refractivity contribution >= 4 is 22.6 Å². The van der Waals surface area contributed by atoms with Gasteiger partial charge in [0.15, 0.2) is 0 Å². The van der Waals surface area contributed by atoms with Crippen molar-refractivity contribution in [1.29, 1.82) is 0 Å². The van der Waals surface area contributed by atoms with Crippen LogP contribution in [0.5, 0.6) is 0 Å². The van der Waals surface area contributed by atoms with Crippen LogP contribution in [0.1, 0.15) is 12.8 Å². The maximum atomic E-state index is 5.08. The first-order valence-corrected chi connectivity index (χ1v) is 3.59. The third kappa shape index (κ3) is 1.67. The van der Waals surface area contributed by atoms with Crippen LogP contribution in [0.2, 0.25) is 0 Å². The summed E-state index contributed by atoms with van der Waals surface area (Å²) in [6.07, 6.45) is 6.17. The fraction of sp³-hybridized carbons (Fsp3) is 0.600. The molecular formula is C5H7IO. The van der Waals surface area contributed by atoms with E-state index in [1.807, 2.05) is 0 Å². The summed E-state index contributed by atoms with van der Waals surface area (Å²) in [5.41, 5.74) is 0. The molecule has 1 atom stereocenters. The average Bonchev–Trinajstić information content (AvgIpc) is 1.69. The molecule has 0 aromatic carbocycles. The first-order valence-electron chi connectivity index (χ1n) is 2.34. The quantitative estimate of drug-likeness (QED) is 0.439. The first kappa shape index (κ1) is 5.41. The van der Waals surface area contributed by atoms with Crippen molar-refractivity contribution < 1.29 is 4.74 Å². The molecule has 1 aliphatic rings. The Bertz CT molecular complexity index is 80.1. The molecule has 2 heteroatoms. The van der Waals surface area contributed by atoms with E-state index in [1.54, 1.807) is 6.26 Å². The van der Waals surface area contributed by atoms with E-state index in [2.05, 4.69) is 28.7 Å². The molecule has 0 N–H and O–H groups in total. The van der Waals surface area contributed by atoms with Crippen molar-refractivity contribution in [2.45, 2.75) is 17.0 Å². The van der Waals surface area contributed by atoms with E-state index in [4.69, 9.17) is 4.74 Å². The lowest BCUT2D eigenvalue weighted by Gasteiger charge is -2.11. The van der Waals surface area contributed by atoms with E-state index in [0.29, 0.717) is 4.11 Å². The zero-order valence-electron chi connectivity index (χ0n) is 3.93. The lowest BCUT2D eigenvalue weighted by Crippen LogP contribution is -2.01. The Labute approximate surface area is 56.9 Å². The van der Waals surface area contributed by atoms with Crippen molar-refractivity contribution in [3.05, 3.63) is 12.3 Å². The van der Waals surface area contributed by atoms with Gasteiger partial charge in [-0.15, -0.1) is 0 Å². The molecule has 0 radical (unpaired) electrons. The minimum atomic E-state index is 0.419. The molecule has 40 valence electrons. The molecule has 7 heavy (non-hydrogen) atoms. The van der Waals surface area contributed by atoms with Gasteiger partial charge in [-0.1, -0.05) is 0 Å². The summed E-state index contributed by atoms with van der Waals surface area (Å²) in [5.74, 6) is 0. The average molecular weight is 210 g/mol. The Morgan fingerprint density at radius 1 is 1.71 bits per heavy atom. The van der Waals surface area contributed by atoms with Gasteiger partial charge in [0.25, 0.3) is 0 Å². The molecule has 0 saturated carbocycles. The van der Waals surface area contributed by atoms with Gasteiger partial charge in [-0.3, -0.25) is 0 Å². The molecule has 0 fully saturated rings. The second-order valence-electron chi connectivity index (χ2n) is 1.50.